The molecule has 0 spiro atoms. The Kier molecular flexibility index (Phi) is 3.68. The Morgan fingerprint density at radius 2 is 2.00 bits per heavy atom. The number of thioether (sulfide) groups is 1. The number of halogens is 4. The van der Waals surface area contributed by atoms with Crippen molar-refractivity contribution < 1.29 is 13.2 Å². The highest BCUT2D eigenvalue weighted by Gasteiger charge is 2.29. The van der Waals surface area contributed by atoms with Crippen LogP contribution in [0.25, 0.3) is 0 Å². The first-order chi connectivity index (χ1) is 6.42. The third-order valence-corrected chi connectivity index (χ3v) is 2.74. The molecule has 0 amide bonds. The van der Waals surface area contributed by atoms with E-state index in [1.165, 1.54) is 18.2 Å². The third-order valence-electron chi connectivity index (χ3n) is 1.33. The zero-order valence-corrected chi connectivity index (χ0v) is 9.13. The van der Waals surface area contributed by atoms with E-state index in [4.69, 9.17) is 5.84 Å². The zero-order valence-electron chi connectivity index (χ0n) is 6.73. The predicted octanol–water partition coefficient (Wildman–Crippen LogP) is 3.35. The molecular formula is C7H6BrF3N2S. The Labute approximate surface area is 91.1 Å². The fourth-order valence-electron chi connectivity index (χ4n) is 0.812. The van der Waals surface area contributed by atoms with E-state index in [1.54, 1.807) is 0 Å². The van der Waals surface area contributed by atoms with Gasteiger partial charge in [0.25, 0.3) is 0 Å². The Balaban J connectivity index is 2.90. The molecule has 78 valence electrons. The molecule has 0 fully saturated rings. The maximum absolute atomic E-state index is 12.0. The minimum absolute atomic E-state index is 0.0913. The largest absolute Gasteiger partial charge is 0.446 e. The fraction of sp³-hybridized carbons (Fsp3) is 0.143. The van der Waals surface area contributed by atoms with E-state index in [2.05, 4.69) is 21.4 Å². The van der Waals surface area contributed by atoms with Gasteiger partial charge in [-0.3, -0.25) is 5.84 Å². The molecule has 2 nitrogen and oxygen atoms in total. The topological polar surface area (TPSA) is 38.0 Å². The van der Waals surface area contributed by atoms with Crippen molar-refractivity contribution in [2.45, 2.75) is 10.4 Å². The average Bonchev–Trinajstić information content (AvgIpc) is 2.06. The van der Waals surface area contributed by atoms with Gasteiger partial charge < -0.3 is 5.43 Å². The quantitative estimate of drug-likeness (QED) is 0.497. The second kappa shape index (κ2) is 4.41. The summed E-state index contributed by atoms with van der Waals surface area (Å²) in [5, 5.41) is 0. The van der Waals surface area contributed by atoms with E-state index in [-0.39, 0.29) is 16.7 Å². The van der Waals surface area contributed by atoms with Crippen LogP contribution >= 0.6 is 27.7 Å². The molecule has 0 unspecified atom stereocenters. The number of alkyl halides is 3. The van der Waals surface area contributed by atoms with Crippen LogP contribution < -0.4 is 11.3 Å². The second-order valence-electron chi connectivity index (χ2n) is 2.33. The molecule has 0 saturated carbocycles. The van der Waals surface area contributed by atoms with E-state index >= 15 is 0 Å². The van der Waals surface area contributed by atoms with Crippen molar-refractivity contribution in [1.82, 2.24) is 0 Å². The number of nitrogens with two attached hydrogens (primary N) is 1. The molecule has 0 atom stereocenters. The first kappa shape index (κ1) is 11.7. The number of anilines is 1. The molecule has 1 aromatic carbocycles. The van der Waals surface area contributed by atoms with Crippen LogP contribution in [0.2, 0.25) is 0 Å². The van der Waals surface area contributed by atoms with Crippen molar-refractivity contribution >= 4 is 33.4 Å². The van der Waals surface area contributed by atoms with E-state index < -0.39 is 5.51 Å². The molecule has 0 aliphatic heterocycles. The van der Waals surface area contributed by atoms with Crippen LogP contribution in [0.1, 0.15) is 0 Å². The Morgan fingerprint density at radius 3 is 2.50 bits per heavy atom. The van der Waals surface area contributed by atoms with Gasteiger partial charge in [-0.25, -0.2) is 0 Å². The smallest absolute Gasteiger partial charge is 0.323 e. The number of hydrogen-bond donors (Lipinski definition) is 2. The number of hydrazine groups is 1. The summed E-state index contributed by atoms with van der Waals surface area (Å²) in [6, 6.07) is 4.19. The molecule has 0 heterocycles. The number of rotatable bonds is 2. The molecule has 14 heavy (non-hydrogen) atoms. The predicted molar refractivity (Wildman–Crippen MR) is 53.9 cm³/mol. The lowest BCUT2D eigenvalue weighted by Gasteiger charge is -2.08. The van der Waals surface area contributed by atoms with Gasteiger partial charge in [-0.1, -0.05) is 0 Å². The van der Waals surface area contributed by atoms with Crippen LogP contribution in [-0.2, 0) is 0 Å². The van der Waals surface area contributed by atoms with Crippen LogP contribution in [0.4, 0.5) is 18.9 Å². The van der Waals surface area contributed by atoms with Crippen molar-refractivity contribution in [2.75, 3.05) is 5.43 Å². The molecule has 0 aromatic heterocycles. The second-order valence-corrected chi connectivity index (χ2v) is 4.33. The van der Waals surface area contributed by atoms with Crippen LogP contribution in [-0.4, -0.2) is 5.51 Å². The summed E-state index contributed by atoms with van der Waals surface area (Å²) in [5.74, 6) is 5.11. The van der Waals surface area contributed by atoms with Crippen LogP contribution in [0.5, 0.6) is 0 Å². The molecule has 0 saturated heterocycles. The standard InChI is InChI=1S/C7H6BrF3N2S/c8-5-2-1-4(3-6(5)13-12)14-7(9,10)11/h1-3,13H,12H2. The van der Waals surface area contributed by atoms with Crippen molar-refractivity contribution in [3.63, 3.8) is 0 Å². The number of nitrogen functional groups attached to an aromatic ring is 1. The lowest BCUT2D eigenvalue weighted by Crippen LogP contribution is -2.07. The summed E-state index contributed by atoms with van der Waals surface area (Å²) in [7, 11) is 0. The van der Waals surface area contributed by atoms with Gasteiger partial charge in [-0.15, -0.1) is 0 Å². The summed E-state index contributed by atoms with van der Waals surface area (Å²) < 4.78 is 36.5. The monoisotopic (exact) mass is 286 g/mol. The third kappa shape index (κ3) is 3.39. The summed E-state index contributed by atoms with van der Waals surface area (Å²) in [5.41, 5.74) is -1.57. The number of hydrogen-bond acceptors (Lipinski definition) is 3. The van der Waals surface area contributed by atoms with E-state index in [1.807, 2.05) is 0 Å². The minimum Gasteiger partial charge on any atom is -0.323 e. The van der Waals surface area contributed by atoms with E-state index in [9.17, 15) is 13.2 Å². The summed E-state index contributed by atoms with van der Waals surface area (Å²) >= 11 is 2.96. The van der Waals surface area contributed by atoms with Crippen LogP contribution in [0, 0.1) is 0 Å². The molecule has 0 bridgehead atoms. The number of nitrogens with one attached hydrogen (secondary N) is 1. The Morgan fingerprint density at radius 1 is 1.36 bits per heavy atom. The van der Waals surface area contributed by atoms with Gasteiger partial charge in [0.05, 0.1) is 5.69 Å². The van der Waals surface area contributed by atoms with Crippen molar-refractivity contribution in [1.29, 1.82) is 0 Å². The highest BCUT2D eigenvalue weighted by Crippen LogP contribution is 2.38. The summed E-state index contributed by atoms with van der Waals surface area (Å²) in [6.07, 6.45) is 0. The minimum atomic E-state index is -4.28. The molecule has 7 heteroatoms. The van der Waals surface area contributed by atoms with Gasteiger partial charge in [0.15, 0.2) is 0 Å². The van der Waals surface area contributed by atoms with Crippen molar-refractivity contribution in [3.8, 4) is 0 Å². The highest BCUT2D eigenvalue weighted by molar-refractivity contribution is 9.10. The van der Waals surface area contributed by atoms with Crippen molar-refractivity contribution in [3.05, 3.63) is 22.7 Å². The maximum Gasteiger partial charge on any atom is 0.446 e. The normalized spacial score (nSPS) is 11.5. The van der Waals surface area contributed by atoms with Crippen LogP contribution in [0.3, 0.4) is 0 Å². The SMILES string of the molecule is NNc1cc(SC(F)(F)F)ccc1Br. The lowest BCUT2D eigenvalue weighted by atomic mass is 10.3. The zero-order chi connectivity index (χ0) is 10.8. The maximum atomic E-state index is 12.0. The summed E-state index contributed by atoms with van der Waals surface area (Å²) in [4.78, 5) is 0.0913. The fourth-order valence-corrected chi connectivity index (χ4v) is 1.75. The van der Waals surface area contributed by atoms with E-state index in [0.717, 1.165) is 0 Å². The first-order valence-corrected chi connectivity index (χ1v) is 5.05. The van der Waals surface area contributed by atoms with Gasteiger partial charge in [0.1, 0.15) is 0 Å². The summed E-state index contributed by atoms with van der Waals surface area (Å²) in [6.45, 7) is 0. The Hall–Kier alpha value is -0.400. The van der Waals surface area contributed by atoms with Gasteiger partial charge in [0, 0.05) is 9.37 Å². The molecule has 0 radical (unpaired) electrons. The molecule has 1 aromatic rings. The van der Waals surface area contributed by atoms with E-state index in [0.29, 0.717) is 10.2 Å². The van der Waals surface area contributed by atoms with Gasteiger partial charge >= 0.3 is 5.51 Å². The van der Waals surface area contributed by atoms with Gasteiger partial charge in [0.2, 0.25) is 0 Å². The molecular weight excluding hydrogens is 281 g/mol. The average molecular weight is 287 g/mol. The van der Waals surface area contributed by atoms with Crippen molar-refractivity contribution in [2.24, 2.45) is 5.84 Å². The molecule has 1 rings (SSSR count). The first-order valence-electron chi connectivity index (χ1n) is 3.44. The lowest BCUT2D eigenvalue weighted by molar-refractivity contribution is -0.0328. The highest BCUT2D eigenvalue weighted by atomic mass is 79.9. The molecule has 3 N–H and O–H groups in total. The molecule has 0 aliphatic rings. The molecule has 0 aliphatic carbocycles. The number of benzene rings is 1. The Bertz CT molecular complexity index is 329. The van der Waals surface area contributed by atoms with Gasteiger partial charge in [-0.2, -0.15) is 13.2 Å². The van der Waals surface area contributed by atoms with Crippen LogP contribution in [0.15, 0.2) is 27.6 Å². The van der Waals surface area contributed by atoms with Gasteiger partial charge in [-0.05, 0) is 45.9 Å².